The van der Waals surface area contributed by atoms with Gasteiger partial charge in [0.25, 0.3) is 0 Å². The number of phenolic OH excluding ortho intramolecular Hbond substituents is 2. The molecule has 0 saturated heterocycles. The topological polar surface area (TPSA) is 165 Å². The molecule has 2 heterocycles. The van der Waals surface area contributed by atoms with E-state index >= 15 is 0 Å². The summed E-state index contributed by atoms with van der Waals surface area (Å²) >= 11 is 0. The largest absolute Gasteiger partial charge is 0.508 e. The number of ether oxygens (including phenoxy) is 2. The van der Waals surface area contributed by atoms with E-state index < -0.39 is 23.7 Å². The molecule has 3 aromatic rings. The summed E-state index contributed by atoms with van der Waals surface area (Å²) in [7, 11) is 0. The second-order valence-electron chi connectivity index (χ2n) is 7.29. The summed E-state index contributed by atoms with van der Waals surface area (Å²) in [5.74, 6) is -2.68. The van der Waals surface area contributed by atoms with E-state index in [-0.39, 0.29) is 50.8 Å². The molecule has 3 aromatic carbocycles. The quantitative estimate of drug-likeness (QED) is 0.309. The molecule has 2 aliphatic rings. The van der Waals surface area contributed by atoms with Gasteiger partial charge < -0.3 is 36.3 Å². The van der Waals surface area contributed by atoms with Crippen LogP contribution in [0.4, 0.5) is 0 Å². The Hall–Kier alpha value is -4.08. The fourth-order valence-electron chi connectivity index (χ4n) is 4.36. The summed E-state index contributed by atoms with van der Waals surface area (Å²) in [6.07, 6.45) is -1.16. The fraction of sp³-hybridized carbons (Fsp3) is 0.0909. The van der Waals surface area contributed by atoms with E-state index in [1.165, 1.54) is 18.2 Å². The molecule has 156 valence electrons. The van der Waals surface area contributed by atoms with E-state index in [2.05, 4.69) is 0 Å². The second-order valence-corrected chi connectivity index (χ2v) is 7.29. The molecule has 0 aliphatic carbocycles. The molecule has 1 unspecified atom stereocenters. The summed E-state index contributed by atoms with van der Waals surface area (Å²) in [5, 5.41) is 30.4. The number of rotatable bonds is 2. The van der Waals surface area contributed by atoms with E-state index in [1.807, 2.05) is 0 Å². The van der Waals surface area contributed by atoms with Crippen LogP contribution < -0.4 is 16.2 Å². The van der Waals surface area contributed by atoms with Crippen molar-refractivity contribution in [2.45, 2.75) is 11.8 Å². The maximum atomic E-state index is 12.8. The number of aromatic carboxylic acids is 1. The summed E-state index contributed by atoms with van der Waals surface area (Å²) in [6.45, 7) is 0. The molecule has 1 atom stereocenters. The Bertz CT molecular complexity index is 1300. The number of aromatic hydroxyl groups is 2. The zero-order chi connectivity index (χ0) is 22.1. The summed E-state index contributed by atoms with van der Waals surface area (Å²) in [4.78, 5) is 24.9. The minimum absolute atomic E-state index is 0.0222. The first-order valence-electron chi connectivity index (χ1n) is 9.24. The fourth-order valence-corrected chi connectivity index (χ4v) is 4.36. The second kappa shape index (κ2) is 6.21. The van der Waals surface area contributed by atoms with Gasteiger partial charge in [0.1, 0.15) is 23.0 Å². The van der Waals surface area contributed by atoms with Gasteiger partial charge in [0.15, 0.2) is 5.60 Å². The van der Waals surface area contributed by atoms with Gasteiger partial charge in [-0.3, -0.25) is 0 Å². The summed E-state index contributed by atoms with van der Waals surface area (Å²) in [5.41, 5.74) is 10.7. The molecular formula is C22H16N2O7. The lowest BCUT2D eigenvalue weighted by molar-refractivity contribution is 0.0214. The molecule has 2 aliphatic heterocycles. The normalized spacial score (nSPS) is 18.2. The van der Waals surface area contributed by atoms with Crippen molar-refractivity contribution in [3.05, 3.63) is 81.9 Å². The molecule has 0 fully saturated rings. The van der Waals surface area contributed by atoms with Gasteiger partial charge in [-0.2, -0.15) is 0 Å². The molecule has 0 radical (unpaired) electrons. The molecule has 9 nitrogen and oxygen atoms in total. The highest BCUT2D eigenvalue weighted by atomic mass is 16.6. The maximum absolute atomic E-state index is 12.8. The number of carbonyl (C=O) groups excluding carboxylic acids is 1. The van der Waals surface area contributed by atoms with Crippen LogP contribution in [0.1, 0.15) is 49.1 Å². The van der Waals surface area contributed by atoms with E-state index in [0.29, 0.717) is 5.56 Å². The summed E-state index contributed by atoms with van der Waals surface area (Å²) in [6, 6.07) is 11.6. The first-order valence-corrected chi connectivity index (χ1v) is 9.24. The number of benzene rings is 3. The first-order chi connectivity index (χ1) is 14.8. The van der Waals surface area contributed by atoms with Crippen LogP contribution in [-0.4, -0.2) is 27.3 Å². The molecule has 0 bridgehead atoms. The molecule has 9 heteroatoms. The number of fused-ring (bicyclic) bond motifs is 6. The van der Waals surface area contributed by atoms with Crippen molar-refractivity contribution in [2.24, 2.45) is 11.5 Å². The molecule has 31 heavy (non-hydrogen) atoms. The number of carbonyl (C=O) groups is 2. The lowest BCUT2D eigenvalue weighted by atomic mass is 9.75. The Balaban J connectivity index is 1.98. The van der Waals surface area contributed by atoms with E-state index in [4.69, 9.17) is 20.9 Å². The predicted molar refractivity (Wildman–Crippen MR) is 106 cm³/mol. The van der Waals surface area contributed by atoms with Crippen LogP contribution in [0, 0.1) is 0 Å². The molecule has 1 spiro atoms. The van der Waals surface area contributed by atoms with Crippen molar-refractivity contribution in [3.8, 4) is 23.0 Å². The Morgan fingerprint density at radius 1 is 1.03 bits per heavy atom. The average Bonchev–Trinajstić information content (AvgIpc) is 3.00. The standard InChI is InChI=1S/C22H16N2O7/c23-19(24)16-14(26)6-5-13-18(16)30-15-8-9(25)7-11(20(27)28)17(15)22(13)12-4-2-1-3-10(12)21(29)31-22/h1-8,19,25-26H,23-24H2,(H,27,28). The van der Waals surface area contributed by atoms with Crippen LogP contribution in [0.5, 0.6) is 23.0 Å². The zero-order valence-corrected chi connectivity index (χ0v) is 15.8. The van der Waals surface area contributed by atoms with Crippen LogP contribution in [0.2, 0.25) is 0 Å². The maximum Gasteiger partial charge on any atom is 0.340 e. The van der Waals surface area contributed by atoms with Crippen LogP contribution in [-0.2, 0) is 10.3 Å². The van der Waals surface area contributed by atoms with Gasteiger partial charge in [-0.25, -0.2) is 9.59 Å². The molecule has 5 rings (SSSR count). The molecule has 0 amide bonds. The third-order valence-corrected chi connectivity index (χ3v) is 5.54. The minimum atomic E-state index is -1.71. The van der Waals surface area contributed by atoms with Gasteiger partial charge in [-0.15, -0.1) is 0 Å². The highest BCUT2D eigenvalue weighted by molar-refractivity contribution is 5.99. The van der Waals surface area contributed by atoms with Crippen molar-refractivity contribution in [2.75, 3.05) is 0 Å². The molecule has 0 saturated carbocycles. The minimum Gasteiger partial charge on any atom is -0.508 e. The van der Waals surface area contributed by atoms with Crippen molar-refractivity contribution in [1.82, 2.24) is 0 Å². The van der Waals surface area contributed by atoms with Crippen LogP contribution in [0.15, 0.2) is 48.5 Å². The monoisotopic (exact) mass is 420 g/mol. The first kappa shape index (κ1) is 18.9. The smallest absolute Gasteiger partial charge is 0.340 e. The lowest BCUT2D eigenvalue weighted by Gasteiger charge is -2.38. The SMILES string of the molecule is NC(N)c1c(O)ccc2c1Oc1cc(O)cc(C(=O)O)c1C21OC(=O)c2ccccc21. The molecule has 7 N–H and O–H groups in total. The van der Waals surface area contributed by atoms with Crippen molar-refractivity contribution in [3.63, 3.8) is 0 Å². The zero-order valence-electron chi connectivity index (χ0n) is 15.8. The van der Waals surface area contributed by atoms with Gasteiger partial charge >= 0.3 is 11.9 Å². The number of nitrogens with two attached hydrogens (primary N) is 2. The van der Waals surface area contributed by atoms with Crippen LogP contribution >= 0.6 is 0 Å². The Labute approximate surface area is 175 Å². The predicted octanol–water partition coefficient (Wildman–Crippen LogP) is 2.28. The Kier molecular flexibility index (Phi) is 3.79. The number of carboxylic acids is 1. The van der Waals surface area contributed by atoms with Gasteiger partial charge in [-0.1, -0.05) is 18.2 Å². The van der Waals surface area contributed by atoms with E-state index in [9.17, 15) is 24.9 Å². The lowest BCUT2D eigenvalue weighted by Crippen LogP contribution is -2.36. The summed E-state index contributed by atoms with van der Waals surface area (Å²) < 4.78 is 11.8. The average molecular weight is 420 g/mol. The third-order valence-electron chi connectivity index (χ3n) is 5.54. The number of phenols is 2. The molecular weight excluding hydrogens is 404 g/mol. The van der Waals surface area contributed by atoms with Crippen molar-refractivity contribution in [1.29, 1.82) is 0 Å². The number of hydrogen-bond acceptors (Lipinski definition) is 8. The van der Waals surface area contributed by atoms with Gasteiger partial charge in [0, 0.05) is 17.2 Å². The van der Waals surface area contributed by atoms with Gasteiger partial charge in [0.05, 0.1) is 28.4 Å². The number of carboxylic acid groups (broad SMARTS) is 1. The van der Waals surface area contributed by atoms with Crippen LogP contribution in [0.3, 0.4) is 0 Å². The Morgan fingerprint density at radius 2 is 1.77 bits per heavy atom. The third kappa shape index (κ3) is 2.38. The number of esters is 1. The number of hydrogen-bond donors (Lipinski definition) is 5. The van der Waals surface area contributed by atoms with Gasteiger partial charge in [-0.05, 0) is 24.3 Å². The van der Waals surface area contributed by atoms with E-state index in [0.717, 1.165) is 6.07 Å². The molecule has 0 aromatic heterocycles. The highest BCUT2D eigenvalue weighted by Crippen LogP contribution is 2.59. The highest BCUT2D eigenvalue weighted by Gasteiger charge is 2.56. The van der Waals surface area contributed by atoms with Crippen molar-refractivity contribution >= 4 is 11.9 Å². The van der Waals surface area contributed by atoms with Crippen LogP contribution in [0.25, 0.3) is 0 Å². The van der Waals surface area contributed by atoms with Crippen molar-refractivity contribution < 1.29 is 34.4 Å². The van der Waals surface area contributed by atoms with E-state index in [1.54, 1.807) is 24.3 Å². The van der Waals surface area contributed by atoms with Gasteiger partial charge in [0.2, 0.25) is 0 Å². The Morgan fingerprint density at radius 3 is 2.48 bits per heavy atom.